The van der Waals surface area contributed by atoms with Gasteiger partial charge in [-0.3, -0.25) is 0 Å². The number of allylic oxidation sites excluding steroid dienone is 1. The van der Waals surface area contributed by atoms with Gasteiger partial charge in [-0.2, -0.15) is 0 Å². The van der Waals surface area contributed by atoms with Crippen LogP contribution in [0, 0.1) is 0 Å². The Morgan fingerprint density at radius 3 is 2.43 bits per heavy atom. The Morgan fingerprint density at radius 2 is 1.79 bits per heavy atom. The average Bonchev–Trinajstić information content (AvgIpc) is 2.21. The minimum absolute atomic E-state index is 0.460. The summed E-state index contributed by atoms with van der Waals surface area (Å²) < 4.78 is 10.6. The smallest absolute Gasteiger partial charge is 0.414 e. The summed E-state index contributed by atoms with van der Waals surface area (Å²) in [5.41, 5.74) is 0. The van der Waals surface area contributed by atoms with Crippen molar-refractivity contribution < 1.29 is 9.31 Å². The van der Waals surface area contributed by atoms with E-state index >= 15 is 0 Å². The van der Waals surface area contributed by atoms with E-state index in [0.717, 1.165) is 32.5 Å². The molecule has 82 valence electrons. The summed E-state index contributed by atoms with van der Waals surface area (Å²) in [6.45, 7) is 7.49. The van der Waals surface area contributed by atoms with E-state index in [1.165, 1.54) is 19.3 Å². The lowest BCUT2D eigenvalue weighted by molar-refractivity contribution is 0.215. The van der Waals surface area contributed by atoms with E-state index in [2.05, 4.69) is 13.5 Å². The lowest BCUT2D eigenvalue weighted by Gasteiger charge is -2.03. The normalized spacial score (nSPS) is 10.1. The van der Waals surface area contributed by atoms with Crippen LogP contribution in [0.15, 0.2) is 12.7 Å². The summed E-state index contributed by atoms with van der Waals surface area (Å²) in [6.07, 6.45) is 8.97. The van der Waals surface area contributed by atoms with E-state index in [4.69, 9.17) is 9.31 Å². The standard InChI is InChI=1S/C11H23BO2/c1-3-5-7-8-9-11-14-12-13-10-6-4-2/h3,12H,1,4-11H2,2H3. The number of unbranched alkanes of at least 4 members (excludes halogenated alkanes) is 4. The molecule has 0 rings (SSSR count). The van der Waals surface area contributed by atoms with E-state index in [-0.39, 0.29) is 0 Å². The van der Waals surface area contributed by atoms with Gasteiger partial charge >= 0.3 is 7.69 Å². The third-order valence-electron chi connectivity index (χ3n) is 2.01. The molecule has 0 saturated carbocycles. The first-order chi connectivity index (χ1) is 6.91. The topological polar surface area (TPSA) is 18.5 Å². The molecule has 0 aliphatic rings. The Labute approximate surface area is 89.0 Å². The fourth-order valence-electron chi connectivity index (χ4n) is 1.09. The molecule has 0 N–H and O–H groups in total. The van der Waals surface area contributed by atoms with Crippen LogP contribution in [-0.4, -0.2) is 20.9 Å². The Morgan fingerprint density at radius 1 is 1.07 bits per heavy atom. The van der Waals surface area contributed by atoms with Crippen molar-refractivity contribution >= 4 is 7.69 Å². The van der Waals surface area contributed by atoms with Crippen LogP contribution in [0.25, 0.3) is 0 Å². The van der Waals surface area contributed by atoms with Crippen molar-refractivity contribution in [3.05, 3.63) is 12.7 Å². The second-order valence-electron chi connectivity index (χ2n) is 3.43. The minimum atomic E-state index is 0.460. The van der Waals surface area contributed by atoms with Crippen molar-refractivity contribution in [2.45, 2.75) is 45.4 Å². The van der Waals surface area contributed by atoms with Crippen LogP contribution >= 0.6 is 0 Å². The van der Waals surface area contributed by atoms with Crippen LogP contribution in [0.4, 0.5) is 0 Å². The Kier molecular flexibility index (Phi) is 12.5. The van der Waals surface area contributed by atoms with Crippen LogP contribution in [-0.2, 0) is 9.31 Å². The minimum Gasteiger partial charge on any atom is -0.414 e. The lowest BCUT2D eigenvalue weighted by Crippen LogP contribution is -2.06. The third-order valence-corrected chi connectivity index (χ3v) is 2.01. The number of rotatable bonds is 11. The van der Waals surface area contributed by atoms with Crippen molar-refractivity contribution in [1.29, 1.82) is 0 Å². The van der Waals surface area contributed by atoms with Gasteiger partial charge in [-0.15, -0.1) is 6.58 Å². The molecule has 3 heteroatoms. The van der Waals surface area contributed by atoms with Crippen LogP contribution in [0.2, 0.25) is 0 Å². The van der Waals surface area contributed by atoms with Gasteiger partial charge in [0.1, 0.15) is 0 Å². The maximum atomic E-state index is 5.31. The molecule has 0 radical (unpaired) electrons. The molecule has 0 saturated heterocycles. The first-order valence-electron chi connectivity index (χ1n) is 5.68. The predicted octanol–water partition coefficient (Wildman–Crippen LogP) is 2.83. The molecule has 0 spiro atoms. The van der Waals surface area contributed by atoms with Crippen molar-refractivity contribution in [2.75, 3.05) is 13.2 Å². The van der Waals surface area contributed by atoms with Crippen molar-refractivity contribution in [1.82, 2.24) is 0 Å². The number of hydrogen-bond donors (Lipinski definition) is 0. The van der Waals surface area contributed by atoms with Gasteiger partial charge in [-0.25, -0.2) is 0 Å². The second kappa shape index (κ2) is 12.7. The molecule has 14 heavy (non-hydrogen) atoms. The van der Waals surface area contributed by atoms with E-state index in [1.807, 2.05) is 6.08 Å². The van der Waals surface area contributed by atoms with E-state index < -0.39 is 0 Å². The lowest BCUT2D eigenvalue weighted by atomic mass is 10.2. The molecule has 2 nitrogen and oxygen atoms in total. The molecule has 0 aliphatic carbocycles. The van der Waals surface area contributed by atoms with Gasteiger partial charge in [-0.05, 0) is 25.7 Å². The molecular weight excluding hydrogens is 175 g/mol. The SMILES string of the molecule is C=CCCCCCOBOCCCC. The van der Waals surface area contributed by atoms with E-state index in [9.17, 15) is 0 Å². The molecule has 0 heterocycles. The zero-order valence-corrected chi connectivity index (χ0v) is 9.46. The van der Waals surface area contributed by atoms with Crippen LogP contribution in [0.5, 0.6) is 0 Å². The summed E-state index contributed by atoms with van der Waals surface area (Å²) in [5.74, 6) is 0. The van der Waals surface area contributed by atoms with Gasteiger partial charge in [-0.1, -0.05) is 25.8 Å². The van der Waals surface area contributed by atoms with Crippen LogP contribution < -0.4 is 0 Å². The molecule has 0 aromatic rings. The fraction of sp³-hybridized carbons (Fsp3) is 0.818. The van der Waals surface area contributed by atoms with Crippen LogP contribution in [0.1, 0.15) is 45.4 Å². The maximum absolute atomic E-state index is 5.31. The van der Waals surface area contributed by atoms with Crippen molar-refractivity contribution in [3.8, 4) is 0 Å². The Bertz CT molecular complexity index is 118. The van der Waals surface area contributed by atoms with Gasteiger partial charge in [0.25, 0.3) is 0 Å². The molecule has 0 unspecified atom stereocenters. The largest absolute Gasteiger partial charge is 0.438 e. The van der Waals surface area contributed by atoms with Crippen LogP contribution in [0.3, 0.4) is 0 Å². The van der Waals surface area contributed by atoms with E-state index in [1.54, 1.807) is 0 Å². The van der Waals surface area contributed by atoms with Crippen molar-refractivity contribution in [3.63, 3.8) is 0 Å². The summed E-state index contributed by atoms with van der Waals surface area (Å²) in [6, 6.07) is 0. The van der Waals surface area contributed by atoms with Gasteiger partial charge in [0, 0.05) is 13.2 Å². The second-order valence-corrected chi connectivity index (χ2v) is 3.43. The van der Waals surface area contributed by atoms with Gasteiger partial charge < -0.3 is 9.31 Å². The van der Waals surface area contributed by atoms with Gasteiger partial charge in [0.2, 0.25) is 0 Å². The first kappa shape index (κ1) is 13.7. The third kappa shape index (κ3) is 11.7. The zero-order valence-electron chi connectivity index (χ0n) is 9.46. The summed E-state index contributed by atoms with van der Waals surface area (Å²) in [5, 5.41) is 0. The summed E-state index contributed by atoms with van der Waals surface area (Å²) in [4.78, 5) is 0. The molecule has 0 fully saturated rings. The maximum Gasteiger partial charge on any atom is 0.438 e. The quantitative estimate of drug-likeness (QED) is 0.288. The first-order valence-corrected chi connectivity index (χ1v) is 5.68. The average molecular weight is 198 g/mol. The highest BCUT2D eigenvalue weighted by molar-refractivity contribution is 6.17. The molecule has 0 aromatic heterocycles. The molecule has 0 aliphatic heterocycles. The Hall–Kier alpha value is -0.275. The highest BCUT2D eigenvalue weighted by atomic mass is 16.6. The zero-order chi connectivity index (χ0) is 10.5. The van der Waals surface area contributed by atoms with Gasteiger partial charge in [0.15, 0.2) is 0 Å². The highest BCUT2D eigenvalue weighted by Gasteiger charge is 1.92. The predicted molar refractivity (Wildman–Crippen MR) is 62.6 cm³/mol. The molecule has 0 amide bonds. The van der Waals surface area contributed by atoms with Gasteiger partial charge in [0.05, 0.1) is 0 Å². The molecular formula is C11H23BO2. The highest BCUT2D eigenvalue weighted by Crippen LogP contribution is 1.99. The summed E-state index contributed by atoms with van der Waals surface area (Å²) >= 11 is 0. The molecule has 0 aromatic carbocycles. The molecule has 0 bridgehead atoms. The molecule has 0 atom stereocenters. The number of hydrogen-bond acceptors (Lipinski definition) is 2. The van der Waals surface area contributed by atoms with Crippen molar-refractivity contribution in [2.24, 2.45) is 0 Å². The Balaban J connectivity index is 2.81. The van der Waals surface area contributed by atoms with E-state index in [0.29, 0.717) is 7.69 Å². The monoisotopic (exact) mass is 198 g/mol. The fourth-order valence-corrected chi connectivity index (χ4v) is 1.09. The summed E-state index contributed by atoms with van der Waals surface area (Å²) in [7, 11) is 0.460.